The highest BCUT2D eigenvalue weighted by atomic mass is 16.6. The second kappa shape index (κ2) is 5.87. The molecule has 1 amide bonds. The summed E-state index contributed by atoms with van der Waals surface area (Å²) in [6, 6.07) is 7.31. The van der Waals surface area contributed by atoms with Crippen molar-refractivity contribution in [1.29, 1.82) is 0 Å². The van der Waals surface area contributed by atoms with Crippen LogP contribution in [0.5, 0.6) is 11.5 Å². The van der Waals surface area contributed by atoms with Crippen molar-refractivity contribution in [3.8, 4) is 11.5 Å². The number of aryl methyl sites for hydroxylation is 2. The number of aromatic nitrogens is 2. The molecule has 1 aliphatic rings. The number of amides is 1. The summed E-state index contributed by atoms with van der Waals surface area (Å²) in [5, 5.41) is 7.10. The fourth-order valence-corrected chi connectivity index (χ4v) is 2.15. The van der Waals surface area contributed by atoms with Crippen molar-refractivity contribution in [1.82, 2.24) is 9.78 Å². The van der Waals surface area contributed by atoms with E-state index in [0.29, 0.717) is 43.4 Å². The highest BCUT2D eigenvalue weighted by Gasteiger charge is 2.12. The van der Waals surface area contributed by atoms with Gasteiger partial charge in [0.1, 0.15) is 13.2 Å². The van der Waals surface area contributed by atoms with Gasteiger partial charge in [-0.15, -0.1) is 0 Å². The average Bonchev–Trinajstić information content (AvgIpc) is 2.91. The van der Waals surface area contributed by atoms with Crippen LogP contribution >= 0.6 is 0 Å². The Morgan fingerprint density at radius 1 is 1.29 bits per heavy atom. The molecular weight excluding hydrogens is 270 g/mol. The van der Waals surface area contributed by atoms with Gasteiger partial charge < -0.3 is 14.8 Å². The summed E-state index contributed by atoms with van der Waals surface area (Å²) < 4.78 is 12.7. The minimum atomic E-state index is -0.0557. The number of hydrogen-bond acceptors (Lipinski definition) is 4. The molecule has 3 rings (SSSR count). The Morgan fingerprint density at radius 2 is 2.10 bits per heavy atom. The van der Waals surface area contributed by atoms with Gasteiger partial charge in [0.25, 0.3) is 0 Å². The molecule has 2 heterocycles. The number of hydrogen-bond donors (Lipinski definition) is 1. The van der Waals surface area contributed by atoms with E-state index < -0.39 is 0 Å². The lowest BCUT2D eigenvalue weighted by atomic mass is 10.2. The second-order valence-electron chi connectivity index (χ2n) is 4.88. The number of nitrogens with one attached hydrogen (secondary N) is 1. The molecule has 0 spiro atoms. The lowest BCUT2D eigenvalue weighted by Gasteiger charge is -2.19. The molecule has 110 valence electrons. The van der Waals surface area contributed by atoms with Gasteiger partial charge in [-0.05, 0) is 25.1 Å². The zero-order chi connectivity index (χ0) is 14.7. The van der Waals surface area contributed by atoms with Gasteiger partial charge in [0, 0.05) is 30.9 Å². The van der Waals surface area contributed by atoms with Crippen LogP contribution in [-0.4, -0.2) is 28.9 Å². The lowest BCUT2D eigenvalue weighted by Crippen LogP contribution is -2.17. The average molecular weight is 287 g/mol. The SMILES string of the molecule is Cc1ccn(CCC(=O)Nc2ccc3c(c2)OCCO3)n1. The Balaban J connectivity index is 1.57. The van der Waals surface area contributed by atoms with Crippen LogP contribution in [0.2, 0.25) is 0 Å². The first-order valence-electron chi connectivity index (χ1n) is 6.90. The molecule has 1 aromatic heterocycles. The Morgan fingerprint density at radius 3 is 2.86 bits per heavy atom. The Hall–Kier alpha value is -2.50. The molecule has 0 aliphatic carbocycles. The first-order chi connectivity index (χ1) is 10.2. The molecule has 6 heteroatoms. The molecule has 0 saturated heterocycles. The van der Waals surface area contributed by atoms with Crippen molar-refractivity contribution < 1.29 is 14.3 Å². The standard InChI is InChI=1S/C15H17N3O3/c1-11-4-6-18(17-11)7-5-15(19)16-12-2-3-13-14(10-12)21-9-8-20-13/h2-4,6,10H,5,7-9H2,1H3,(H,16,19). The third-order valence-electron chi connectivity index (χ3n) is 3.17. The Bertz CT molecular complexity index is 651. The molecule has 0 unspecified atom stereocenters. The maximum atomic E-state index is 11.9. The van der Waals surface area contributed by atoms with Gasteiger partial charge in [0.2, 0.25) is 5.91 Å². The fraction of sp³-hybridized carbons (Fsp3) is 0.333. The first kappa shape index (κ1) is 13.5. The molecule has 1 aromatic carbocycles. The quantitative estimate of drug-likeness (QED) is 0.934. The molecule has 1 aliphatic heterocycles. The molecule has 2 aromatic rings. The van der Waals surface area contributed by atoms with E-state index in [1.54, 1.807) is 16.8 Å². The van der Waals surface area contributed by atoms with Crippen LogP contribution in [0.1, 0.15) is 12.1 Å². The van der Waals surface area contributed by atoms with E-state index in [0.717, 1.165) is 5.69 Å². The van der Waals surface area contributed by atoms with Gasteiger partial charge in [-0.1, -0.05) is 0 Å². The van der Waals surface area contributed by atoms with Crippen LogP contribution in [0.4, 0.5) is 5.69 Å². The minimum absolute atomic E-state index is 0.0557. The van der Waals surface area contributed by atoms with Gasteiger partial charge in [-0.2, -0.15) is 5.10 Å². The lowest BCUT2D eigenvalue weighted by molar-refractivity contribution is -0.116. The predicted molar refractivity (Wildman–Crippen MR) is 77.6 cm³/mol. The van der Waals surface area contributed by atoms with Crippen molar-refractivity contribution in [3.05, 3.63) is 36.2 Å². The Labute approximate surface area is 122 Å². The largest absolute Gasteiger partial charge is 0.486 e. The van der Waals surface area contributed by atoms with E-state index in [2.05, 4.69) is 10.4 Å². The van der Waals surface area contributed by atoms with E-state index in [4.69, 9.17) is 9.47 Å². The number of carbonyl (C=O) groups is 1. The van der Waals surface area contributed by atoms with Gasteiger partial charge in [-0.3, -0.25) is 9.48 Å². The normalized spacial score (nSPS) is 13.0. The van der Waals surface area contributed by atoms with E-state index in [9.17, 15) is 4.79 Å². The highest BCUT2D eigenvalue weighted by molar-refractivity contribution is 5.91. The van der Waals surface area contributed by atoms with Crippen LogP contribution in [-0.2, 0) is 11.3 Å². The smallest absolute Gasteiger partial charge is 0.226 e. The van der Waals surface area contributed by atoms with Crippen molar-refractivity contribution >= 4 is 11.6 Å². The van der Waals surface area contributed by atoms with Gasteiger partial charge in [-0.25, -0.2) is 0 Å². The molecule has 0 fully saturated rings. The number of ether oxygens (including phenoxy) is 2. The third kappa shape index (κ3) is 3.34. The van der Waals surface area contributed by atoms with E-state index >= 15 is 0 Å². The summed E-state index contributed by atoms with van der Waals surface area (Å²) in [4.78, 5) is 11.9. The van der Waals surface area contributed by atoms with Gasteiger partial charge in [0.05, 0.1) is 5.69 Å². The maximum absolute atomic E-state index is 11.9. The molecule has 0 atom stereocenters. The van der Waals surface area contributed by atoms with Crippen molar-refractivity contribution in [3.63, 3.8) is 0 Å². The second-order valence-corrected chi connectivity index (χ2v) is 4.88. The highest BCUT2D eigenvalue weighted by Crippen LogP contribution is 2.32. The summed E-state index contributed by atoms with van der Waals surface area (Å²) in [6.07, 6.45) is 2.24. The summed E-state index contributed by atoms with van der Waals surface area (Å²) in [5.74, 6) is 1.33. The number of fused-ring (bicyclic) bond motifs is 1. The zero-order valence-corrected chi connectivity index (χ0v) is 11.8. The summed E-state index contributed by atoms with van der Waals surface area (Å²) >= 11 is 0. The third-order valence-corrected chi connectivity index (χ3v) is 3.17. The first-order valence-corrected chi connectivity index (χ1v) is 6.90. The predicted octanol–water partition coefficient (Wildman–Crippen LogP) is 1.99. The van der Waals surface area contributed by atoms with Gasteiger partial charge >= 0.3 is 0 Å². The van der Waals surface area contributed by atoms with Crippen molar-refractivity contribution in [2.24, 2.45) is 0 Å². The minimum Gasteiger partial charge on any atom is -0.486 e. The summed E-state index contributed by atoms with van der Waals surface area (Å²) in [6.45, 7) is 3.57. The zero-order valence-electron chi connectivity index (χ0n) is 11.8. The van der Waals surface area contributed by atoms with E-state index in [-0.39, 0.29) is 5.91 Å². The molecule has 0 bridgehead atoms. The van der Waals surface area contributed by atoms with Gasteiger partial charge in [0.15, 0.2) is 11.5 Å². The number of anilines is 1. The van der Waals surface area contributed by atoms with Crippen LogP contribution in [0.3, 0.4) is 0 Å². The number of nitrogens with zero attached hydrogens (tertiary/aromatic N) is 2. The molecule has 21 heavy (non-hydrogen) atoms. The van der Waals surface area contributed by atoms with E-state index in [1.807, 2.05) is 25.3 Å². The maximum Gasteiger partial charge on any atom is 0.226 e. The molecule has 1 N–H and O–H groups in total. The summed E-state index contributed by atoms with van der Waals surface area (Å²) in [5.41, 5.74) is 1.66. The number of benzene rings is 1. The number of carbonyl (C=O) groups excluding carboxylic acids is 1. The van der Waals surface area contributed by atoms with Crippen LogP contribution in [0.25, 0.3) is 0 Å². The topological polar surface area (TPSA) is 65.4 Å². The van der Waals surface area contributed by atoms with Crippen LogP contribution in [0, 0.1) is 6.92 Å². The molecule has 0 saturated carbocycles. The molecule has 0 radical (unpaired) electrons. The van der Waals surface area contributed by atoms with Crippen molar-refractivity contribution in [2.75, 3.05) is 18.5 Å². The van der Waals surface area contributed by atoms with Crippen LogP contribution < -0.4 is 14.8 Å². The fourth-order valence-electron chi connectivity index (χ4n) is 2.15. The molecular formula is C15H17N3O3. The van der Waals surface area contributed by atoms with E-state index in [1.165, 1.54) is 0 Å². The monoisotopic (exact) mass is 287 g/mol. The number of rotatable bonds is 4. The molecule has 6 nitrogen and oxygen atoms in total. The summed E-state index contributed by atoms with van der Waals surface area (Å²) in [7, 11) is 0. The van der Waals surface area contributed by atoms with Crippen LogP contribution in [0.15, 0.2) is 30.5 Å². The van der Waals surface area contributed by atoms with Crippen molar-refractivity contribution in [2.45, 2.75) is 19.9 Å². The Kier molecular flexibility index (Phi) is 3.77.